The molecular formula is C21H25N5O2S. The second-order valence-electron chi connectivity index (χ2n) is 6.19. The molecule has 0 bridgehead atoms. The van der Waals surface area contributed by atoms with Crippen LogP contribution in [0.25, 0.3) is 5.69 Å². The Kier molecular flexibility index (Phi) is 7.24. The highest BCUT2D eigenvalue weighted by atomic mass is 32.2. The number of carbonyl (C=O) groups excluding carboxylic acids is 1. The number of thioether (sulfide) groups is 1. The van der Waals surface area contributed by atoms with Crippen molar-refractivity contribution in [2.45, 2.75) is 31.2 Å². The summed E-state index contributed by atoms with van der Waals surface area (Å²) in [5.41, 5.74) is 1.66. The summed E-state index contributed by atoms with van der Waals surface area (Å²) in [6.07, 6.45) is 0. The van der Waals surface area contributed by atoms with Crippen molar-refractivity contribution >= 4 is 17.7 Å². The summed E-state index contributed by atoms with van der Waals surface area (Å²) in [5.74, 6) is 0.731. The lowest BCUT2D eigenvalue weighted by Crippen LogP contribution is -2.34. The number of rotatable bonds is 9. The minimum atomic E-state index is -0.444. The molecule has 152 valence electrons. The molecule has 7 nitrogen and oxygen atoms in total. The van der Waals surface area contributed by atoms with Gasteiger partial charge in [0.15, 0.2) is 0 Å². The average Bonchev–Trinajstić information content (AvgIpc) is 3.22. The number of aromatic nitrogens is 4. The van der Waals surface area contributed by atoms with E-state index >= 15 is 0 Å². The maximum atomic E-state index is 13.3. The van der Waals surface area contributed by atoms with Crippen LogP contribution in [0.2, 0.25) is 0 Å². The number of tetrazole rings is 1. The number of carbonyl (C=O) groups is 1. The highest BCUT2D eigenvalue weighted by Crippen LogP contribution is 2.37. The molecule has 1 aromatic heterocycles. The molecule has 8 heteroatoms. The highest BCUT2D eigenvalue weighted by Gasteiger charge is 2.28. The third kappa shape index (κ3) is 4.76. The number of hydrogen-bond acceptors (Lipinski definition) is 6. The summed E-state index contributed by atoms with van der Waals surface area (Å²) in [7, 11) is 0. The third-order valence-corrected chi connectivity index (χ3v) is 5.63. The number of para-hydroxylation sites is 2. The molecule has 0 aliphatic rings. The zero-order chi connectivity index (χ0) is 20.6. The van der Waals surface area contributed by atoms with Gasteiger partial charge in [0.05, 0.1) is 6.61 Å². The summed E-state index contributed by atoms with van der Waals surface area (Å²) in [6.45, 7) is 7.73. The molecule has 1 atom stereocenters. The fourth-order valence-corrected chi connectivity index (χ4v) is 4.08. The first kappa shape index (κ1) is 20.9. The van der Waals surface area contributed by atoms with Gasteiger partial charge in [-0.05, 0) is 48.9 Å². The van der Waals surface area contributed by atoms with E-state index in [2.05, 4.69) is 15.5 Å². The molecule has 1 heterocycles. The standard InChI is InChI=1S/C21H25N5O2S/c1-4-25(5-2)20(27)19(16-12-8-7-9-13-16)29-21-22-23-24-26(21)17-14-10-11-15-18(17)28-6-3/h7-15,19H,4-6H2,1-3H3/t19-/m0/s1. The van der Waals surface area contributed by atoms with Gasteiger partial charge in [-0.15, -0.1) is 5.10 Å². The molecule has 0 spiro atoms. The third-order valence-electron chi connectivity index (χ3n) is 4.46. The van der Waals surface area contributed by atoms with Crippen molar-refractivity contribution in [3.05, 3.63) is 60.2 Å². The smallest absolute Gasteiger partial charge is 0.240 e. The molecule has 3 aromatic rings. The van der Waals surface area contributed by atoms with Gasteiger partial charge in [0.25, 0.3) is 0 Å². The van der Waals surface area contributed by atoms with E-state index in [4.69, 9.17) is 4.74 Å². The predicted octanol–water partition coefficient (Wildman–Crippen LogP) is 3.76. The molecular weight excluding hydrogens is 386 g/mol. The number of amides is 1. The van der Waals surface area contributed by atoms with Gasteiger partial charge < -0.3 is 9.64 Å². The molecule has 3 rings (SSSR count). The van der Waals surface area contributed by atoms with E-state index in [-0.39, 0.29) is 5.91 Å². The number of ether oxygens (including phenoxy) is 1. The van der Waals surface area contributed by atoms with Gasteiger partial charge in [-0.3, -0.25) is 4.79 Å². The summed E-state index contributed by atoms with van der Waals surface area (Å²) >= 11 is 1.34. The van der Waals surface area contributed by atoms with Gasteiger partial charge in [0, 0.05) is 13.1 Å². The molecule has 0 saturated heterocycles. The molecule has 29 heavy (non-hydrogen) atoms. The van der Waals surface area contributed by atoms with E-state index in [1.165, 1.54) is 11.8 Å². The molecule has 0 unspecified atom stereocenters. The fraction of sp³-hybridized carbons (Fsp3) is 0.333. The topological polar surface area (TPSA) is 73.1 Å². The molecule has 1 amide bonds. The van der Waals surface area contributed by atoms with Crippen LogP contribution in [-0.2, 0) is 4.79 Å². The van der Waals surface area contributed by atoms with Crippen LogP contribution < -0.4 is 4.74 Å². The van der Waals surface area contributed by atoms with Crippen LogP contribution in [0.15, 0.2) is 59.8 Å². The molecule has 0 aliphatic carbocycles. The Morgan fingerprint density at radius 1 is 1.07 bits per heavy atom. The van der Waals surface area contributed by atoms with Gasteiger partial charge in [-0.2, -0.15) is 4.68 Å². The van der Waals surface area contributed by atoms with E-state index in [0.717, 1.165) is 11.3 Å². The van der Waals surface area contributed by atoms with Crippen molar-refractivity contribution in [2.75, 3.05) is 19.7 Å². The lowest BCUT2D eigenvalue weighted by atomic mass is 10.1. The first-order valence-electron chi connectivity index (χ1n) is 9.70. The number of benzene rings is 2. The SMILES string of the molecule is CCOc1ccccc1-n1nnnc1S[C@H](C(=O)N(CC)CC)c1ccccc1. The average molecular weight is 412 g/mol. The van der Waals surface area contributed by atoms with Crippen LogP contribution >= 0.6 is 11.8 Å². The fourth-order valence-electron chi connectivity index (χ4n) is 3.01. The first-order valence-corrected chi connectivity index (χ1v) is 10.6. The van der Waals surface area contributed by atoms with Crippen molar-refractivity contribution < 1.29 is 9.53 Å². The number of hydrogen-bond donors (Lipinski definition) is 0. The molecule has 2 aromatic carbocycles. The quantitative estimate of drug-likeness (QED) is 0.499. The summed E-state index contributed by atoms with van der Waals surface area (Å²) in [6, 6.07) is 17.3. The van der Waals surface area contributed by atoms with Crippen LogP contribution in [0, 0.1) is 0 Å². The second-order valence-corrected chi connectivity index (χ2v) is 7.27. The monoisotopic (exact) mass is 411 g/mol. The molecule has 0 fully saturated rings. The minimum Gasteiger partial charge on any atom is -0.492 e. The summed E-state index contributed by atoms with van der Waals surface area (Å²) in [5, 5.41) is 12.3. The highest BCUT2D eigenvalue weighted by molar-refractivity contribution is 8.00. The van der Waals surface area contributed by atoms with Gasteiger partial charge in [0.2, 0.25) is 11.1 Å². The van der Waals surface area contributed by atoms with Crippen LogP contribution in [0.3, 0.4) is 0 Å². The molecule has 0 radical (unpaired) electrons. The van der Waals surface area contributed by atoms with E-state index in [1.54, 1.807) is 4.68 Å². The lowest BCUT2D eigenvalue weighted by Gasteiger charge is -2.24. The Bertz CT molecular complexity index is 928. The Labute approximate surface area is 175 Å². The Hall–Kier alpha value is -2.87. The van der Waals surface area contributed by atoms with E-state index in [0.29, 0.717) is 30.6 Å². The van der Waals surface area contributed by atoms with Gasteiger partial charge >= 0.3 is 0 Å². The van der Waals surface area contributed by atoms with Crippen LogP contribution in [0.1, 0.15) is 31.6 Å². The van der Waals surface area contributed by atoms with Gasteiger partial charge in [-0.1, -0.05) is 54.2 Å². The first-order chi connectivity index (χ1) is 14.2. The number of nitrogens with zero attached hydrogens (tertiary/aromatic N) is 5. The van der Waals surface area contributed by atoms with Crippen LogP contribution in [-0.4, -0.2) is 50.7 Å². The van der Waals surface area contributed by atoms with E-state index in [9.17, 15) is 4.79 Å². The zero-order valence-electron chi connectivity index (χ0n) is 16.9. The normalized spacial score (nSPS) is 11.8. The maximum Gasteiger partial charge on any atom is 0.240 e. The minimum absolute atomic E-state index is 0.0406. The van der Waals surface area contributed by atoms with Crippen LogP contribution in [0.5, 0.6) is 5.75 Å². The van der Waals surface area contributed by atoms with Gasteiger partial charge in [0.1, 0.15) is 16.7 Å². The maximum absolute atomic E-state index is 13.3. The predicted molar refractivity (Wildman–Crippen MR) is 113 cm³/mol. The Balaban J connectivity index is 1.98. The second kappa shape index (κ2) is 10.1. The van der Waals surface area contributed by atoms with Crippen molar-refractivity contribution in [2.24, 2.45) is 0 Å². The lowest BCUT2D eigenvalue weighted by molar-refractivity contribution is -0.130. The zero-order valence-corrected chi connectivity index (χ0v) is 17.7. The van der Waals surface area contributed by atoms with Crippen molar-refractivity contribution in [3.8, 4) is 11.4 Å². The summed E-state index contributed by atoms with van der Waals surface area (Å²) < 4.78 is 7.35. The van der Waals surface area contributed by atoms with Crippen LogP contribution in [0.4, 0.5) is 0 Å². The summed E-state index contributed by atoms with van der Waals surface area (Å²) in [4.78, 5) is 15.1. The van der Waals surface area contributed by atoms with Crippen molar-refractivity contribution in [3.63, 3.8) is 0 Å². The Morgan fingerprint density at radius 3 is 2.45 bits per heavy atom. The van der Waals surface area contributed by atoms with Crippen molar-refractivity contribution in [1.29, 1.82) is 0 Å². The number of likely N-dealkylation sites (N-methyl/N-ethyl adjacent to an activating group) is 1. The van der Waals surface area contributed by atoms with E-state index < -0.39 is 5.25 Å². The largest absolute Gasteiger partial charge is 0.492 e. The Morgan fingerprint density at radius 2 is 1.76 bits per heavy atom. The van der Waals surface area contributed by atoms with Gasteiger partial charge in [-0.25, -0.2) is 0 Å². The molecule has 0 saturated carbocycles. The molecule has 0 N–H and O–H groups in total. The van der Waals surface area contributed by atoms with Crippen molar-refractivity contribution in [1.82, 2.24) is 25.1 Å². The van der Waals surface area contributed by atoms with E-state index in [1.807, 2.05) is 80.3 Å². The molecule has 0 aliphatic heterocycles.